The van der Waals surface area contributed by atoms with Crippen molar-refractivity contribution in [3.8, 4) is 0 Å². The van der Waals surface area contributed by atoms with E-state index < -0.39 is 35.8 Å². The molecule has 2 aromatic heterocycles. The van der Waals surface area contributed by atoms with Crippen molar-refractivity contribution in [3.05, 3.63) is 85.0 Å². The van der Waals surface area contributed by atoms with Crippen molar-refractivity contribution in [1.29, 1.82) is 0 Å². The minimum atomic E-state index is -1.55. The molecule has 68 heavy (non-hydrogen) atoms. The average Bonchev–Trinajstić information content (AvgIpc) is 3.87. The number of para-hydroxylation sites is 4. The topological polar surface area (TPSA) is 308 Å². The summed E-state index contributed by atoms with van der Waals surface area (Å²) in [6.45, 7) is 17.7. The van der Waals surface area contributed by atoms with Crippen molar-refractivity contribution < 1.29 is 68.9 Å². The Hall–Kier alpha value is -7.14. The number of carboxylic acid groups (broad SMARTS) is 6. The Balaban J connectivity index is 0.000000320. The zero-order valence-corrected chi connectivity index (χ0v) is 38.7. The van der Waals surface area contributed by atoms with E-state index in [1.54, 1.807) is 0 Å². The van der Waals surface area contributed by atoms with Crippen LogP contribution in [0.3, 0.4) is 0 Å². The van der Waals surface area contributed by atoms with Crippen LogP contribution in [0.25, 0.3) is 22.1 Å². The number of piperazine rings is 2. The van der Waals surface area contributed by atoms with Crippen LogP contribution in [-0.4, -0.2) is 158 Å². The number of nitrogens with zero attached hydrogens (tertiary/aromatic N) is 8. The lowest BCUT2D eigenvalue weighted by Crippen LogP contribution is -2.45. The Kier molecular flexibility index (Phi) is 26.6. The van der Waals surface area contributed by atoms with E-state index in [0.29, 0.717) is 36.5 Å². The van der Waals surface area contributed by atoms with E-state index >= 15 is 0 Å². The highest BCUT2D eigenvalue weighted by molar-refractivity contribution is 5.89. The number of carbonyl (C=O) groups is 6. The number of aromatic nitrogens is 4. The van der Waals surface area contributed by atoms with Gasteiger partial charge in [-0.2, -0.15) is 0 Å². The molecule has 2 saturated heterocycles. The fourth-order valence-corrected chi connectivity index (χ4v) is 6.27. The van der Waals surface area contributed by atoms with Crippen LogP contribution in [0.15, 0.2) is 85.0 Å². The van der Waals surface area contributed by atoms with Gasteiger partial charge in [-0.1, -0.05) is 38.1 Å². The van der Waals surface area contributed by atoms with Gasteiger partial charge in [0, 0.05) is 78.7 Å². The van der Waals surface area contributed by atoms with Gasteiger partial charge in [0.25, 0.3) is 0 Å². The van der Waals surface area contributed by atoms with Crippen molar-refractivity contribution in [2.75, 3.05) is 103 Å². The van der Waals surface area contributed by atoms with E-state index in [-0.39, 0.29) is 0 Å². The molecule has 22 nitrogen and oxygen atoms in total. The summed E-state index contributed by atoms with van der Waals surface area (Å²) in [7, 11) is 4.36. The summed E-state index contributed by atoms with van der Waals surface area (Å²) >= 11 is 0. The third-order valence-corrected chi connectivity index (χ3v) is 9.52. The van der Waals surface area contributed by atoms with E-state index in [1.807, 2.05) is 0 Å². The van der Waals surface area contributed by atoms with E-state index in [2.05, 4.69) is 105 Å². The van der Waals surface area contributed by atoms with Crippen molar-refractivity contribution in [1.82, 2.24) is 28.9 Å². The number of carbonyl (C=O) groups excluding carboxylic acids is 6. The second-order valence-corrected chi connectivity index (χ2v) is 14.8. The van der Waals surface area contributed by atoms with Gasteiger partial charge in [-0.25, -0.2) is 9.97 Å². The second-order valence-electron chi connectivity index (χ2n) is 14.8. The molecule has 372 valence electrons. The third kappa shape index (κ3) is 22.4. The summed E-state index contributed by atoms with van der Waals surface area (Å²) in [6.07, 6.45) is 4.44. The third-order valence-electron chi connectivity index (χ3n) is 9.52. The van der Waals surface area contributed by atoms with Crippen molar-refractivity contribution in [2.45, 2.75) is 39.8 Å². The number of carboxylic acids is 6. The first kappa shape index (κ1) is 57.0. The van der Waals surface area contributed by atoms with Gasteiger partial charge in [0.2, 0.25) is 11.9 Å². The van der Waals surface area contributed by atoms with E-state index in [9.17, 15) is 59.4 Å². The maximum absolute atomic E-state index is 9.41. The average molecular weight is 947 g/mol. The summed E-state index contributed by atoms with van der Waals surface area (Å²) in [6, 6.07) is 16.8. The maximum atomic E-state index is 9.41. The summed E-state index contributed by atoms with van der Waals surface area (Å²) in [5.41, 5.74) is 4.56. The Bertz CT molecular complexity index is 2050. The minimum absolute atomic E-state index is 0.384. The molecule has 2 aliphatic rings. The van der Waals surface area contributed by atoms with Gasteiger partial charge >= 0.3 is 0 Å². The molecule has 6 rings (SSSR count). The first-order chi connectivity index (χ1) is 32.5. The first-order valence-corrected chi connectivity index (χ1v) is 21.7. The zero-order valence-electron chi connectivity index (χ0n) is 38.7. The van der Waals surface area contributed by atoms with Crippen molar-refractivity contribution >= 4 is 69.8 Å². The van der Waals surface area contributed by atoms with Crippen molar-refractivity contribution in [2.24, 2.45) is 0 Å². The number of rotatable bonds is 18. The number of likely N-dealkylation sites (N-methyl/N-ethyl adjacent to an activating group) is 2. The molecular weight excluding hydrogens is 889 g/mol. The smallest absolute Gasteiger partial charge is 0.206 e. The summed E-state index contributed by atoms with van der Waals surface area (Å²) in [5.74, 6) is -7.10. The van der Waals surface area contributed by atoms with Crippen LogP contribution in [0.5, 0.6) is 0 Å². The van der Waals surface area contributed by atoms with Gasteiger partial charge in [-0.05, 0) is 87.7 Å². The number of ether oxygens (including phenoxy) is 2. The van der Waals surface area contributed by atoms with Crippen LogP contribution >= 0.6 is 0 Å². The second kappa shape index (κ2) is 31.7. The van der Waals surface area contributed by atoms with Crippen LogP contribution < -0.4 is 40.4 Å². The molecule has 0 radical (unpaired) electrons. The van der Waals surface area contributed by atoms with Gasteiger partial charge in [-0.3, -0.25) is 0 Å². The standard InChI is InChI=1S/2C17H26N4O.3C4H4O4/c2*1-3-13-22-14-12-21-16-7-5-4-6-15(16)18-17(21)20-10-8-19(2)9-11-20;3*5-3(6)1-2-4(7)8/h2*4-7H,3,8-14H2,1-2H3;3*1-2H,(H,5,6)(H,7,8)/p-6/b;;3*2-1+. The Morgan fingerprint density at radius 1 is 0.471 bits per heavy atom. The summed E-state index contributed by atoms with van der Waals surface area (Å²) < 4.78 is 16.0. The maximum Gasteiger partial charge on any atom is 0.206 e. The van der Waals surface area contributed by atoms with Crippen LogP contribution in [-0.2, 0) is 51.3 Å². The number of benzene rings is 2. The molecule has 0 atom stereocenters. The van der Waals surface area contributed by atoms with E-state index in [1.165, 1.54) is 11.0 Å². The predicted molar refractivity (Wildman–Crippen MR) is 239 cm³/mol. The normalized spacial score (nSPS) is 14.1. The van der Waals surface area contributed by atoms with Gasteiger partial charge in [0.15, 0.2) is 0 Å². The molecule has 4 aromatic rings. The molecule has 0 N–H and O–H groups in total. The Labute approximate surface area is 394 Å². The van der Waals surface area contributed by atoms with Crippen LogP contribution in [0, 0.1) is 0 Å². The lowest BCUT2D eigenvalue weighted by molar-refractivity contribution is -0.301. The molecule has 4 heterocycles. The molecule has 2 aliphatic heterocycles. The zero-order chi connectivity index (χ0) is 50.4. The highest BCUT2D eigenvalue weighted by atomic mass is 16.5. The van der Waals surface area contributed by atoms with Crippen molar-refractivity contribution in [3.63, 3.8) is 0 Å². The monoisotopic (exact) mass is 946 g/mol. The molecule has 22 heteroatoms. The largest absolute Gasteiger partial charge is 0.545 e. The molecule has 2 fully saturated rings. The molecule has 2 aromatic carbocycles. The van der Waals surface area contributed by atoms with Crippen LogP contribution in [0.4, 0.5) is 11.9 Å². The van der Waals surface area contributed by atoms with Gasteiger partial charge in [0.1, 0.15) is 0 Å². The molecular formula is C46H58N8O14-6. The molecule has 0 bridgehead atoms. The fraction of sp³-hybridized carbons (Fsp3) is 0.435. The molecule has 0 amide bonds. The lowest BCUT2D eigenvalue weighted by atomic mass is 10.3. The lowest BCUT2D eigenvalue weighted by Gasteiger charge is -2.33. The highest BCUT2D eigenvalue weighted by Crippen LogP contribution is 2.25. The molecule has 0 saturated carbocycles. The summed E-state index contributed by atoms with van der Waals surface area (Å²) in [4.78, 5) is 75.8. The molecule has 0 spiro atoms. The number of imidazole rings is 2. The van der Waals surface area contributed by atoms with Crippen LogP contribution in [0.2, 0.25) is 0 Å². The predicted octanol–water partition coefficient (Wildman–Crippen LogP) is -4.44. The van der Waals surface area contributed by atoms with Gasteiger partial charge in [-0.15, -0.1) is 0 Å². The number of fused-ring (bicyclic) bond motifs is 2. The van der Waals surface area contributed by atoms with Crippen LogP contribution in [0.1, 0.15) is 26.7 Å². The first-order valence-electron chi connectivity index (χ1n) is 21.7. The number of hydrogen-bond donors (Lipinski definition) is 0. The quantitative estimate of drug-likeness (QED) is 0.0671. The highest BCUT2D eigenvalue weighted by Gasteiger charge is 2.22. The van der Waals surface area contributed by atoms with Gasteiger partial charge < -0.3 is 97.6 Å². The molecule has 0 unspecified atom stereocenters. The minimum Gasteiger partial charge on any atom is -0.545 e. The number of aliphatic carboxylic acids is 6. The number of hydrogen-bond acceptors (Lipinski definition) is 20. The SMILES string of the molecule is CCCOCCn1c(N2CCN(C)CC2)nc2ccccc21.CCCOCCn1c(N2CCN(C)CC2)nc2ccccc21.O=C([O-])/C=C/C(=O)[O-].O=C([O-])/C=C/C(=O)[O-].O=C([O-])/C=C/C(=O)[O-]. The summed E-state index contributed by atoms with van der Waals surface area (Å²) in [5, 5.41) is 56.5. The fourth-order valence-electron chi connectivity index (χ4n) is 6.27. The van der Waals surface area contributed by atoms with E-state index in [4.69, 9.17) is 19.4 Å². The van der Waals surface area contributed by atoms with E-state index in [0.717, 1.165) is 128 Å². The number of anilines is 2. The Morgan fingerprint density at radius 2 is 0.750 bits per heavy atom. The Morgan fingerprint density at radius 3 is 1.01 bits per heavy atom. The molecule has 0 aliphatic carbocycles. The van der Waals surface area contributed by atoms with Gasteiger partial charge in [0.05, 0.1) is 71.1 Å².